The fourth-order valence-corrected chi connectivity index (χ4v) is 4.25. The maximum absolute atomic E-state index is 12.3. The van der Waals surface area contributed by atoms with E-state index in [0.29, 0.717) is 5.75 Å². The number of nitrogens with zero attached hydrogens (tertiary/aromatic N) is 3. The van der Waals surface area contributed by atoms with Gasteiger partial charge in [0, 0.05) is 18.2 Å². The number of amides is 1. The van der Waals surface area contributed by atoms with Crippen LogP contribution in [0.3, 0.4) is 0 Å². The maximum atomic E-state index is 12.3. The van der Waals surface area contributed by atoms with Crippen molar-refractivity contribution in [1.29, 1.82) is 0 Å². The molecule has 0 aliphatic rings. The van der Waals surface area contributed by atoms with Gasteiger partial charge >= 0.3 is 0 Å². The lowest BCUT2D eigenvalue weighted by atomic mass is 9.78. The minimum absolute atomic E-state index is 0.204. The number of aryl methyl sites for hydroxylation is 1. The molecule has 0 saturated heterocycles. The van der Waals surface area contributed by atoms with Crippen molar-refractivity contribution in [2.24, 2.45) is 12.1 Å². The number of nitrogens with one attached hydrogen (secondary N) is 1. The molecule has 0 saturated carbocycles. The lowest BCUT2D eigenvalue weighted by Gasteiger charge is -2.27. The summed E-state index contributed by atoms with van der Waals surface area (Å²) in [6, 6.07) is 11.7. The third-order valence-electron chi connectivity index (χ3n) is 5.23. The predicted molar refractivity (Wildman–Crippen MR) is 133 cm³/mol. The van der Waals surface area contributed by atoms with Gasteiger partial charge in [0.2, 0.25) is 0 Å². The van der Waals surface area contributed by atoms with Gasteiger partial charge in [0.25, 0.3) is 5.91 Å². The van der Waals surface area contributed by atoms with Crippen LogP contribution in [-0.4, -0.2) is 32.5 Å². The Morgan fingerprint density at radius 2 is 1.72 bits per heavy atom. The molecule has 3 aromatic rings. The molecule has 2 aromatic carbocycles. The normalized spacial score (nSPS) is 12.6. The van der Waals surface area contributed by atoms with E-state index in [4.69, 9.17) is 0 Å². The number of fused-ring (bicyclic) bond motifs is 1. The fraction of sp³-hybridized carbons (Fsp3) is 0.400. The molecule has 0 spiro atoms. The van der Waals surface area contributed by atoms with Gasteiger partial charge in [-0.05, 0) is 40.7 Å². The Morgan fingerprint density at radius 1 is 1.12 bits per heavy atom. The maximum Gasteiger partial charge on any atom is 0.250 e. The monoisotopic (exact) mass is 452 g/mol. The highest BCUT2D eigenvalue weighted by Gasteiger charge is 2.26. The standard InChI is InChI=1S/C25H32N4O2S/c1-24(2,3)17-12-16(13-18(22(17)31)25(4,5)6)14-26-28-21(30)15-32-23-27-19-10-8-9-11-20(19)29(23)7/h8-14,31H,15H2,1-7H3,(H,28,30). The zero-order chi connectivity index (χ0) is 23.7. The summed E-state index contributed by atoms with van der Waals surface area (Å²) in [5.74, 6) is 0.333. The van der Waals surface area contributed by atoms with Gasteiger partial charge in [-0.1, -0.05) is 65.4 Å². The molecule has 32 heavy (non-hydrogen) atoms. The first kappa shape index (κ1) is 23.9. The van der Waals surface area contributed by atoms with Crippen molar-refractivity contribution in [2.75, 3.05) is 5.75 Å². The molecule has 3 rings (SSSR count). The summed E-state index contributed by atoms with van der Waals surface area (Å²) in [5, 5.41) is 15.8. The molecule has 0 aliphatic heterocycles. The summed E-state index contributed by atoms with van der Waals surface area (Å²) in [6.07, 6.45) is 1.63. The molecule has 6 nitrogen and oxygen atoms in total. The average Bonchev–Trinajstić information content (AvgIpc) is 3.01. The Morgan fingerprint density at radius 3 is 2.28 bits per heavy atom. The Labute approximate surface area is 194 Å². The SMILES string of the molecule is Cn1c(SCC(=O)NN=Cc2cc(C(C)(C)C)c(O)c(C(C)(C)C)c2)nc2ccccc21. The number of hydrogen-bond donors (Lipinski definition) is 2. The molecule has 170 valence electrons. The number of imidazole rings is 1. The van der Waals surface area contributed by atoms with Crippen LogP contribution in [0.2, 0.25) is 0 Å². The van der Waals surface area contributed by atoms with E-state index in [9.17, 15) is 9.90 Å². The first-order valence-corrected chi connectivity index (χ1v) is 11.6. The molecule has 0 aliphatic carbocycles. The topological polar surface area (TPSA) is 79.5 Å². The average molecular weight is 453 g/mol. The van der Waals surface area contributed by atoms with Crippen molar-refractivity contribution in [3.8, 4) is 5.75 Å². The van der Waals surface area contributed by atoms with E-state index in [0.717, 1.165) is 32.9 Å². The number of para-hydroxylation sites is 2. The van der Waals surface area contributed by atoms with Gasteiger partial charge in [0.15, 0.2) is 5.16 Å². The quantitative estimate of drug-likeness (QED) is 0.320. The van der Waals surface area contributed by atoms with Crippen molar-refractivity contribution in [1.82, 2.24) is 15.0 Å². The first-order valence-electron chi connectivity index (χ1n) is 10.6. The Kier molecular flexibility index (Phi) is 6.69. The molecule has 1 aromatic heterocycles. The molecule has 1 heterocycles. The van der Waals surface area contributed by atoms with Crippen LogP contribution in [0.1, 0.15) is 58.2 Å². The minimum Gasteiger partial charge on any atom is -0.507 e. The zero-order valence-corrected chi connectivity index (χ0v) is 20.7. The number of carbonyl (C=O) groups excluding carboxylic acids is 1. The smallest absolute Gasteiger partial charge is 0.250 e. The molecule has 0 atom stereocenters. The molecule has 1 amide bonds. The lowest BCUT2D eigenvalue weighted by molar-refractivity contribution is -0.118. The van der Waals surface area contributed by atoms with Crippen LogP contribution < -0.4 is 5.43 Å². The van der Waals surface area contributed by atoms with Crippen LogP contribution in [-0.2, 0) is 22.7 Å². The summed E-state index contributed by atoms with van der Waals surface area (Å²) in [7, 11) is 1.94. The second-order valence-electron chi connectivity index (χ2n) is 9.99. The molecule has 7 heteroatoms. The fourth-order valence-electron chi connectivity index (χ4n) is 3.47. The molecule has 2 N–H and O–H groups in total. The van der Waals surface area contributed by atoms with E-state index < -0.39 is 0 Å². The number of hydrogen-bond acceptors (Lipinski definition) is 5. The van der Waals surface area contributed by atoms with Crippen LogP contribution >= 0.6 is 11.8 Å². The zero-order valence-electron chi connectivity index (χ0n) is 19.9. The number of phenolic OH excluding ortho intramolecular Hbond substituents is 1. The lowest BCUT2D eigenvalue weighted by Crippen LogP contribution is -2.20. The summed E-state index contributed by atoms with van der Waals surface area (Å²) in [5.41, 5.74) is 6.64. The number of rotatable bonds is 5. The highest BCUT2D eigenvalue weighted by atomic mass is 32.2. The van der Waals surface area contributed by atoms with Crippen LogP contribution in [0, 0.1) is 0 Å². The van der Waals surface area contributed by atoms with Gasteiger partial charge in [-0.2, -0.15) is 5.10 Å². The van der Waals surface area contributed by atoms with Gasteiger partial charge in [-0.15, -0.1) is 0 Å². The van der Waals surface area contributed by atoms with Gasteiger partial charge in [-0.3, -0.25) is 4.79 Å². The molecule has 0 bridgehead atoms. The van der Waals surface area contributed by atoms with Crippen molar-refractivity contribution in [2.45, 2.75) is 57.5 Å². The van der Waals surface area contributed by atoms with Crippen LogP contribution in [0.5, 0.6) is 5.75 Å². The Balaban J connectivity index is 1.71. The van der Waals surface area contributed by atoms with Crippen LogP contribution in [0.4, 0.5) is 0 Å². The van der Waals surface area contributed by atoms with E-state index in [1.807, 2.05) is 48.0 Å². The van der Waals surface area contributed by atoms with Gasteiger partial charge < -0.3 is 9.67 Å². The van der Waals surface area contributed by atoms with Crippen LogP contribution in [0.25, 0.3) is 11.0 Å². The first-order chi connectivity index (χ1) is 14.9. The third kappa shape index (κ3) is 5.33. The van der Waals surface area contributed by atoms with Gasteiger partial charge in [0.1, 0.15) is 5.75 Å². The number of hydrazone groups is 1. The van der Waals surface area contributed by atoms with Crippen LogP contribution in [0.15, 0.2) is 46.7 Å². The largest absolute Gasteiger partial charge is 0.507 e. The van der Waals surface area contributed by atoms with Crippen molar-refractivity contribution in [3.05, 3.63) is 53.1 Å². The van der Waals surface area contributed by atoms with E-state index >= 15 is 0 Å². The number of carbonyl (C=O) groups is 1. The number of benzene rings is 2. The Hall–Kier alpha value is -2.80. The van der Waals surface area contributed by atoms with E-state index in [-0.39, 0.29) is 22.5 Å². The van der Waals surface area contributed by atoms with Gasteiger partial charge in [0.05, 0.1) is 23.0 Å². The summed E-state index contributed by atoms with van der Waals surface area (Å²) in [4.78, 5) is 16.9. The summed E-state index contributed by atoms with van der Waals surface area (Å²) >= 11 is 1.37. The number of aromatic hydroxyl groups is 1. The predicted octanol–water partition coefficient (Wildman–Crippen LogP) is 5.12. The van der Waals surface area contributed by atoms with E-state index in [1.54, 1.807) is 6.21 Å². The number of phenols is 1. The second-order valence-corrected chi connectivity index (χ2v) is 10.9. The summed E-state index contributed by atoms with van der Waals surface area (Å²) < 4.78 is 1.98. The van der Waals surface area contributed by atoms with E-state index in [1.165, 1.54) is 11.8 Å². The van der Waals surface area contributed by atoms with Gasteiger partial charge in [-0.25, -0.2) is 10.4 Å². The minimum atomic E-state index is -0.223. The molecule has 0 radical (unpaired) electrons. The van der Waals surface area contributed by atoms with Crippen molar-refractivity contribution < 1.29 is 9.90 Å². The molecule has 0 unspecified atom stereocenters. The third-order valence-corrected chi connectivity index (χ3v) is 6.26. The Bertz CT molecular complexity index is 1130. The highest BCUT2D eigenvalue weighted by molar-refractivity contribution is 7.99. The highest BCUT2D eigenvalue weighted by Crippen LogP contribution is 2.39. The van der Waals surface area contributed by atoms with Crippen molar-refractivity contribution in [3.63, 3.8) is 0 Å². The van der Waals surface area contributed by atoms with E-state index in [2.05, 4.69) is 57.1 Å². The number of thioether (sulfide) groups is 1. The molecular formula is C25H32N4O2S. The molecule has 0 fully saturated rings. The molecular weight excluding hydrogens is 420 g/mol. The van der Waals surface area contributed by atoms with Crippen molar-refractivity contribution >= 4 is 34.9 Å². The second kappa shape index (κ2) is 8.98. The summed E-state index contributed by atoms with van der Waals surface area (Å²) in [6.45, 7) is 12.4. The number of aromatic nitrogens is 2.